The predicted molar refractivity (Wildman–Crippen MR) is 120 cm³/mol. The van der Waals surface area contributed by atoms with Crippen molar-refractivity contribution >= 4 is 28.2 Å². The number of hydrogen-bond donors (Lipinski definition) is 1. The number of fused-ring (bicyclic) bond motifs is 1. The van der Waals surface area contributed by atoms with Crippen LogP contribution >= 0.6 is 11.3 Å². The van der Waals surface area contributed by atoms with Gasteiger partial charge < -0.3 is 9.73 Å². The molecule has 0 bridgehead atoms. The Kier molecular flexibility index (Phi) is 6.36. The Labute approximate surface area is 176 Å². The molecule has 1 atom stereocenters. The molecule has 2 aromatic heterocycles. The number of carbonyl (C=O) groups is 1. The van der Waals surface area contributed by atoms with E-state index in [1.165, 1.54) is 36.1 Å². The number of benzene rings is 1. The smallest absolute Gasteiger partial charge is 0.287 e. The van der Waals surface area contributed by atoms with Crippen molar-refractivity contribution in [3.63, 3.8) is 0 Å². The lowest BCUT2D eigenvalue weighted by molar-refractivity contribution is 0.0907. The van der Waals surface area contributed by atoms with Gasteiger partial charge in [-0.3, -0.25) is 9.69 Å². The van der Waals surface area contributed by atoms with E-state index in [4.69, 9.17) is 4.42 Å². The van der Waals surface area contributed by atoms with Gasteiger partial charge in [0.15, 0.2) is 5.76 Å². The van der Waals surface area contributed by atoms with E-state index >= 15 is 0 Å². The number of nitrogens with one attached hydrogen (secondary N) is 1. The monoisotopic (exact) mass is 410 g/mol. The van der Waals surface area contributed by atoms with Gasteiger partial charge >= 0.3 is 0 Å². The Hall–Kier alpha value is -2.11. The molecule has 3 aromatic rings. The molecule has 1 aliphatic heterocycles. The second kappa shape index (κ2) is 9.14. The molecule has 3 heterocycles. The fourth-order valence-corrected chi connectivity index (χ4v) is 5.13. The first-order valence-corrected chi connectivity index (χ1v) is 11.6. The lowest BCUT2D eigenvalue weighted by Crippen LogP contribution is -2.38. The molecule has 0 spiro atoms. The maximum atomic E-state index is 13.0. The van der Waals surface area contributed by atoms with Crippen molar-refractivity contribution in [2.45, 2.75) is 52.0 Å². The van der Waals surface area contributed by atoms with Gasteiger partial charge in [-0.25, -0.2) is 0 Å². The molecule has 1 unspecified atom stereocenters. The van der Waals surface area contributed by atoms with E-state index in [2.05, 4.69) is 46.8 Å². The first-order chi connectivity index (χ1) is 14.2. The Morgan fingerprint density at radius 1 is 1.21 bits per heavy atom. The number of furan rings is 1. The Bertz CT molecular complexity index is 953. The van der Waals surface area contributed by atoms with Crippen LogP contribution in [0.4, 0.5) is 0 Å². The highest BCUT2D eigenvalue weighted by Crippen LogP contribution is 2.29. The minimum Gasteiger partial charge on any atom is -0.451 e. The molecule has 1 saturated heterocycles. The summed E-state index contributed by atoms with van der Waals surface area (Å²) in [6.45, 7) is 6.92. The standard InChI is InChI=1S/C24H30N2O2S/c1-3-18-10-11-21-19(15-18)17(2)23(28-21)24(27)25-16-20(22-9-8-14-29-22)26-12-6-4-5-7-13-26/h8-11,14-15,20H,3-7,12-13,16H2,1-2H3,(H,25,27). The predicted octanol–water partition coefficient (Wildman–Crippen LogP) is 5.71. The van der Waals surface area contributed by atoms with Crippen LogP contribution in [0.25, 0.3) is 11.0 Å². The van der Waals surface area contributed by atoms with E-state index in [0.29, 0.717) is 12.3 Å². The van der Waals surface area contributed by atoms with Crippen LogP contribution in [-0.4, -0.2) is 30.4 Å². The summed E-state index contributed by atoms with van der Waals surface area (Å²) < 4.78 is 5.93. The maximum Gasteiger partial charge on any atom is 0.287 e. The SMILES string of the molecule is CCc1ccc2oc(C(=O)NCC(c3cccs3)N3CCCCCC3)c(C)c2c1. The van der Waals surface area contributed by atoms with Gasteiger partial charge in [0, 0.05) is 22.4 Å². The lowest BCUT2D eigenvalue weighted by Gasteiger charge is -2.30. The zero-order valence-corrected chi connectivity index (χ0v) is 18.2. The molecule has 1 aliphatic rings. The molecular formula is C24H30N2O2S. The Morgan fingerprint density at radius 3 is 2.69 bits per heavy atom. The fourth-order valence-electron chi connectivity index (χ4n) is 4.27. The zero-order chi connectivity index (χ0) is 20.2. The van der Waals surface area contributed by atoms with Crippen molar-refractivity contribution in [2.75, 3.05) is 19.6 Å². The maximum absolute atomic E-state index is 13.0. The summed E-state index contributed by atoms with van der Waals surface area (Å²) in [7, 11) is 0. The molecule has 1 N–H and O–H groups in total. The number of likely N-dealkylation sites (tertiary alicyclic amines) is 1. The van der Waals surface area contributed by atoms with Crippen molar-refractivity contribution in [2.24, 2.45) is 0 Å². The van der Waals surface area contributed by atoms with Gasteiger partial charge in [0.1, 0.15) is 5.58 Å². The van der Waals surface area contributed by atoms with Crippen LogP contribution in [0.3, 0.4) is 0 Å². The molecule has 4 rings (SSSR count). The number of amides is 1. The molecule has 29 heavy (non-hydrogen) atoms. The summed E-state index contributed by atoms with van der Waals surface area (Å²) >= 11 is 1.77. The van der Waals surface area contributed by atoms with E-state index < -0.39 is 0 Å². The first-order valence-electron chi connectivity index (χ1n) is 10.7. The molecule has 0 radical (unpaired) electrons. The van der Waals surface area contributed by atoms with Gasteiger partial charge in [-0.1, -0.05) is 31.9 Å². The van der Waals surface area contributed by atoms with Gasteiger partial charge in [0.2, 0.25) is 0 Å². The van der Waals surface area contributed by atoms with E-state index in [0.717, 1.165) is 36.0 Å². The fraction of sp³-hybridized carbons (Fsp3) is 0.458. The molecule has 0 aliphatic carbocycles. The summed E-state index contributed by atoms with van der Waals surface area (Å²) in [4.78, 5) is 16.9. The highest BCUT2D eigenvalue weighted by atomic mass is 32.1. The number of rotatable bonds is 6. The minimum atomic E-state index is -0.117. The number of nitrogens with zero attached hydrogens (tertiary/aromatic N) is 1. The third-order valence-electron chi connectivity index (χ3n) is 6.02. The molecule has 0 saturated carbocycles. The van der Waals surface area contributed by atoms with E-state index in [-0.39, 0.29) is 11.9 Å². The van der Waals surface area contributed by atoms with Crippen LogP contribution in [0, 0.1) is 6.92 Å². The molecular weight excluding hydrogens is 380 g/mol. The normalized spacial score (nSPS) is 16.6. The summed E-state index contributed by atoms with van der Waals surface area (Å²) in [6.07, 6.45) is 6.05. The summed E-state index contributed by atoms with van der Waals surface area (Å²) in [6, 6.07) is 10.7. The lowest BCUT2D eigenvalue weighted by atomic mass is 10.1. The van der Waals surface area contributed by atoms with Gasteiger partial charge in [-0.2, -0.15) is 0 Å². The second-order valence-electron chi connectivity index (χ2n) is 7.93. The van der Waals surface area contributed by atoms with Gasteiger partial charge in [-0.15, -0.1) is 11.3 Å². The number of carbonyl (C=O) groups excluding carboxylic acids is 1. The number of hydrogen-bond acceptors (Lipinski definition) is 4. The van der Waals surface area contributed by atoms with Crippen molar-refractivity contribution in [3.8, 4) is 0 Å². The second-order valence-corrected chi connectivity index (χ2v) is 8.91. The number of aryl methyl sites for hydroxylation is 2. The Morgan fingerprint density at radius 2 is 2.00 bits per heavy atom. The van der Waals surface area contributed by atoms with E-state index in [1.807, 2.05) is 13.0 Å². The quantitative estimate of drug-likeness (QED) is 0.566. The largest absolute Gasteiger partial charge is 0.451 e. The minimum absolute atomic E-state index is 0.117. The molecule has 154 valence electrons. The Balaban J connectivity index is 1.52. The van der Waals surface area contributed by atoms with Gasteiger partial charge in [0.05, 0.1) is 6.04 Å². The first kappa shape index (κ1) is 20.2. The topological polar surface area (TPSA) is 45.5 Å². The van der Waals surface area contributed by atoms with Crippen molar-refractivity contribution in [1.29, 1.82) is 0 Å². The molecule has 5 heteroatoms. The molecule has 1 amide bonds. The number of thiophene rings is 1. The van der Waals surface area contributed by atoms with Crippen LogP contribution in [0.2, 0.25) is 0 Å². The third-order valence-corrected chi connectivity index (χ3v) is 7.00. The summed E-state index contributed by atoms with van der Waals surface area (Å²) in [5.74, 6) is 0.321. The third kappa shape index (κ3) is 4.41. The van der Waals surface area contributed by atoms with Crippen LogP contribution in [0.5, 0.6) is 0 Å². The van der Waals surface area contributed by atoms with Crippen LogP contribution < -0.4 is 5.32 Å². The van der Waals surface area contributed by atoms with Gasteiger partial charge in [-0.05, 0) is 68.4 Å². The molecule has 1 aromatic carbocycles. The van der Waals surface area contributed by atoms with Gasteiger partial charge in [0.25, 0.3) is 5.91 Å². The van der Waals surface area contributed by atoms with Crippen LogP contribution in [0.1, 0.15) is 65.2 Å². The summed E-state index contributed by atoms with van der Waals surface area (Å²) in [5.41, 5.74) is 2.97. The molecule has 4 nitrogen and oxygen atoms in total. The van der Waals surface area contributed by atoms with Crippen molar-refractivity contribution in [1.82, 2.24) is 10.2 Å². The average Bonchev–Trinajstić information content (AvgIpc) is 3.29. The van der Waals surface area contributed by atoms with E-state index in [1.54, 1.807) is 11.3 Å². The highest BCUT2D eigenvalue weighted by Gasteiger charge is 2.25. The summed E-state index contributed by atoms with van der Waals surface area (Å²) in [5, 5.41) is 6.33. The molecule has 1 fully saturated rings. The average molecular weight is 411 g/mol. The van der Waals surface area contributed by atoms with Crippen LogP contribution in [-0.2, 0) is 6.42 Å². The van der Waals surface area contributed by atoms with E-state index in [9.17, 15) is 4.79 Å². The van der Waals surface area contributed by atoms with Crippen LogP contribution in [0.15, 0.2) is 40.1 Å². The van der Waals surface area contributed by atoms with Crippen molar-refractivity contribution in [3.05, 3.63) is 57.5 Å². The van der Waals surface area contributed by atoms with Crippen molar-refractivity contribution < 1.29 is 9.21 Å². The highest BCUT2D eigenvalue weighted by molar-refractivity contribution is 7.10. The zero-order valence-electron chi connectivity index (χ0n) is 17.4.